The van der Waals surface area contributed by atoms with Crippen LogP contribution in [-0.4, -0.2) is 35.8 Å². The number of rotatable bonds is 4. The fourth-order valence-corrected chi connectivity index (χ4v) is 5.12. The highest BCUT2D eigenvalue weighted by molar-refractivity contribution is 7.10. The van der Waals surface area contributed by atoms with Crippen LogP contribution in [0.25, 0.3) is 0 Å². The molecule has 2 aliphatic rings. The summed E-state index contributed by atoms with van der Waals surface area (Å²) in [6.07, 6.45) is 4.46. The molecule has 0 spiro atoms. The van der Waals surface area contributed by atoms with Gasteiger partial charge < -0.3 is 4.90 Å². The molecule has 2 heterocycles. The summed E-state index contributed by atoms with van der Waals surface area (Å²) in [6.45, 7) is 1.41. The lowest BCUT2D eigenvalue weighted by atomic mass is 10.1. The summed E-state index contributed by atoms with van der Waals surface area (Å²) in [5.41, 5.74) is 2.85. The maximum atomic E-state index is 12.9. The van der Waals surface area contributed by atoms with Crippen molar-refractivity contribution in [1.29, 1.82) is 0 Å². The van der Waals surface area contributed by atoms with Gasteiger partial charge in [0, 0.05) is 17.5 Å². The van der Waals surface area contributed by atoms with E-state index in [2.05, 4.69) is 58.6 Å². The van der Waals surface area contributed by atoms with E-state index in [1.807, 2.05) is 0 Å². The minimum absolute atomic E-state index is 0.276. The molecule has 2 aromatic rings. The molecule has 1 aromatic heterocycles. The van der Waals surface area contributed by atoms with Crippen molar-refractivity contribution in [3.05, 3.63) is 57.8 Å². The van der Waals surface area contributed by atoms with Gasteiger partial charge in [0.15, 0.2) is 0 Å². The van der Waals surface area contributed by atoms with E-state index in [0.29, 0.717) is 18.6 Å². The van der Waals surface area contributed by atoms with Gasteiger partial charge in [0.25, 0.3) is 0 Å². The zero-order chi connectivity index (χ0) is 16.5. The average Bonchev–Trinajstić information content (AvgIpc) is 3.33. The molecule has 126 valence electrons. The number of likely N-dealkylation sites (N-methyl/N-ethyl adjacent to an activating group) is 1. The number of thiophene rings is 1. The summed E-state index contributed by atoms with van der Waals surface area (Å²) in [6, 6.07) is 13.6. The maximum absolute atomic E-state index is 12.9. The lowest BCUT2D eigenvalue weighted by Gasteiger charge is -2.29. The van der Waals surface area contributed by atoms with Crippen LogP contribution in [0.4, 0.5) is 0 Å². The minimum atomic E-state index is 0.276. The first kappa shape index (κ1) is 15.9. The molecule has 0 bridgehead atoms. The summed E-state index contributed by atoms with van der Waals surface area (Å²) < 4.78 is 0. The van der Waals surface area contributed by atoms with Gasteiger partial charge in [0.2, 0.25) is 5.91 Å². The highest BCUT2D eigenvalue weighted by atomic mass is 32.1. The van der Waals surface area contributed by atoms with Crippen molar-refractivity contribution < 1.29 is 4.79 Å². The molecular formula is C20H24N2OS. The SMILES string of the molecule is CN(CC(=O)N1CCCC1c1cccs1)C1CCc2ccccc21. The number of fused-ring (bicyclic) bond motifs is 1. The molecule has 1 fully saturated rings. The molecule has 2 unspecified atom stereocenters. The van der Waals surface area contributed by atoms with Crippen LogP contribution in [0.3, 0.4) is 0 Å². The summed E-state index contributed by atoms with van der Waals surface area (Å²) in [7, 11) is 2.10. The van der Waals surface area contributed by atoms with Crippen LogP contribution in [0.5, 0.6) is 0 Å². The Hall–Kier alpha value is -1.65. The Morgan fingerprint density at radius 2 is 2.12 bits per heavy atom. The highest BCUT2D eigenvalue weighted by Crippen LogP contribution is 2.37. The van der Waals surface area contributed by atoms with E-state index in [-0.39, 0.29) is 5.91 Å². The van der Waals surface area contributed by atoms with Crippen LogP contribution in [-0.2, 0) is 11.2 Å². The molecule has 3 nitrogen and oxygen atoms in total. The van der Waals surface area contributed by atoms with Gasteiger partial charge in [-0.3, -0.25) is 9.69 Å². The van der Waals surface area contributed by atoms with Crippen LogP contribution >= 0.6 is 11.3 Å². The Morgan fingerprint density at radius 3 is 2.96 bits per heavy atom. The van der Waals surface area contributed by atoms with Crippen LogP contribution in [0.1, 0.15) is 47.4 Å². The summed E-state index contributed by atoms with van der Waals surface area (Å²) in [5.74, 6) is 0.276. The topological polar surface area (TPSA) is 23.6 Å². The van der Waals surface area contributed by atoms with Crippen molar-refractivity contribution in [2.24, 2.45) is 0 Å². The van der Waals surface area contributed by atoms with Crippen molar-refractivity contribution in [2.45, 2.75) is 37.8 Å². The third kappa shape index (κ3) is 2.89. The van der Waals surface area contributed by atoms with Crippen LogP contribution in [0, 0.1) is 0 Å². The number of carbonyl (C=O) groups excluding carboxylic acids is 1. The molecule has 4 heteroatoms. The molecule has 1 saturated heterocycles. The van der Waals surface area contributed by atoms with E-state index < -0.39 is 0 Å². The van der Waals surface area contributed by atoms with Crippen LogP contribution < -0.4 is 0 Å². The number of aryl methyl sites for hydroxylation is 1. The standard InChI is InChI=1S/C20H24N2OS/c1-21(17-11-10-15-6-2-3-7-16(15)17)14-20(23)22-12-4-8-18(22)19-9-5-13-24-19/h2-3,5-7,9,13,17-18H,4,8,10-12,14H2,1H3. The number of nitrogens with zero attached hydrogens (tertiary/aromatic N) is 2. The quantitative estimate of drug-likeness (QED) is 0.839. The number of hydrogen-bond acceptors (Lipinski definition) is 3. The monoisotopic (exact) mass is 340 g/mol. The highest BCUT2D eigenvalue weighted by Gasteiger charge is 2.33. The van der Waals surface area contributed by atoms with E-state index >= 15 is 0 Å². The lowest BCUT2D eigenvalue weighted by molar-refractivity contribution is -0.133. The number of amides is 1. The van der Waals surface area contributed by atoms with E-state index in [9.17, 15) is 4.79 Å². The fraction of sp³-hybridized carbons (Fsp3) is 0.450. The van der Waals surface area contributed by atoms with Crippen molar-refractivity contribution in [3.8, 4) is 0 Å². The van der Waals surface area contributed by atoms with Crippen molar-refractivity contribution in [3.63, 3.8) is 0 Å². The zero-order valence-electron chi connectivity index (χ0n) is 14.1. The molecule has 0 radical (unpaired) electrons. The van der Waals surface area contributed by atoms with Crippen LogP contribution in [0.15, 0.2) is 41.8 Å². The Bertz CT molecular complexity index is 712. The summed E-state index contributed by atoms with van der Waals surface area (Å²) in [5, 5.41) is 2.11. The van der Waals surface area contributed by atoms with Gasteiger partial charge in [-0.15, -0.1) is 11.3 Å². The first-order valence-electron chi connectivity index (χ1n) is 8.85. The zero-order valence-corrected chi connectivity index (χ0v) is 15.0. The van der Waals surface area contributed by atoms with Gasteiger partial charge in [-0.2, -0.15) is 0 Å². The van der Waals surface area contributed by atoms with Gasteiger partial charge >= 0.3 is 0 Å². The van der Waals surface area contributed by atoms with Gasteiger partial charge in [-0.05, 0) is 55.3 Å². The van der Waals surface area contributed by atoms with Crippen molar-refractivity contribution in [2.75, 3.05) is 20.1 Å². The predicted molar refractivity (Wildman–Crippen MR) is 98.1 cm³/mol. The number of carbonyl (C=O) groups is 1. The van der Waals surface area contributed by atoms with Crippen LogP contribution in [0.2, 0.25) is 0 Å². The Balaban J connectivity index is 1.44. The second kappa shape index (κ2) is 6.69. The van der Waals surface area contributed by atoms with E-state index in [1.165, 1.54) is 16.0 Å². The van der Waals surface area contributed by atoms with Gasteiger partial charge in [-0.25, -0.2) is 0 Å². The van der Waals surface area contributed by atoms with E-state index in [4.69, 9.17) is 0 Å². The molecule has 1 aromatic carbocycles. The molecule has 2 atom stereocenters. The van der Waals surface area contributed by atoms with Gasteiger partial charge in [-0.1, -0.05) is 30.3 Å². The molecule has 0 N–H and O–H groups in total. The fourth-order valence-electron chi connectivity index (χ4n) is 4.25. The number of likely N-dealkylation sites (tertiary alicyclic amines) is 1. The molecule has 1 aliphatic heterocycles. The predicted octanol–water partition coefficient (Wildman–Crippen LogP) is 4.03. The second-order valence-electron chi connectivity index (χ2n) is 6.93. The minimum Gasteiger partial charge on any atom is -0.334 e. The second-order valence-corrected chi connectivity index (χ2v) is 7.91. The molecule has 0 saturated carbocycles. The molecule has 1 aliphatic carbocycles. The Morgan fingerprint density at radius 1 is 1.25 bits per heavy atom. The van der Waals surface area contributed by atoms with E-state index in [0.717, 1.165) is 32.2 Å². The van der Waals surface area contributed by atoms with Crippen molar-refractivity contribution in [1.82, 2.24) is 9.80 Å². The molecule has 24 heavy (non-hydrogen) atoms. The van der Waals surface area contributed by atoms with E-state index in [1.54, 1.807) is 11.3 Å². The average molecular weight is 340 g/mol. The molecule has 4 rings (SSSR count). The normalized spacial score (nSPS) is 23.0. The third-order valence-corrected chi connectivity index (χ3v) is 6.44. The Kier molecular flexibility index (Phi) is 4.42. The lowest BCUT2D eigenvalue weighted by Crippen LogP contribution is -2.39. The number of benzene rings is 1. The largest absolute Gasteiger partial charge is 0.334 e. The third-order valence-electron chi connectivity index (χ3n) is 5.46. The number of hydrogen-bond donors (Lipinski definition) is 0. The maximum Gasteiger partial charge on any atom is 0.237 e. The first-order chi connectivity index (χ1) is 11.7. The van der Waals surface area contributed by atoms with Crippen molar-refractivity contribution >= 4 is 17.2 Å². The summed E-state index contributed by atoms with van der Waals surface area (Å²) in [4.78, 5) is 18.6. The molecular weight excluding hydrogens is 316 g/mol. The Labute approximate surface area is 147 Å². The summed E-state index contributed by atoms with van der Waals surface area (Å²) >= 11 is 1.77. The first-order valence-corrected chi connectivity index (χ1v) is 9.73. The van der Waals surface area contributed by atoms with Gasteiger partial charge in [0.1, 0.15) is 0 Å². The smallest absolute Gasteiger partial charge is 0.237 e. The molecule has 1 amide bonds. The van der Waals surface area contributed by atoms with Gasteiger partial charge in [0.05, 0.1) is 12.6 Å².